The third kappa shape index (κ3) is 2.89. The van der Waals surface area contributed by atoms with E-state index in [0.717, 1.165) is 5.56 Å². The van der Waals surface area contributed by atoms with Crippen molar-refractivity contribution in [1.29, 1.82) is 0 Å². The molecule has 0 radical (unpaired) electrons. The standard InChI is InChI=1S/C20H24O/c1-13-9-15(3)19(10-14(13)2)20(21)12-16-7-8-17-5-4-6-18(17)11-16/h7-11,20-21H,4-6,12H2,1-3H3. The van der Waals surface area contributed by atoms with E-state index < -0.39 is 6.10 Å². The summed E-state index contributed by atoms with van der Waals surface area (Å²) in [7, 11) is 0. The molecule has 0 amide bonds. The van der Waals surface area contributed by atoms with E-state index in [1.54, 1.807) is 0 Å². The lowest BCUT2D eigenvalue weighted by Crippen LogP contribution is -2.05. The van der Waals surface area contributed by atoms with Crippen LogP contribution in [0.4, 0.5) is 0 Å². The van der Waals surface area contributed by atoms with Crippen molar-refractivity contribution in [3.8, 4) is 0 Å². The van der Waals surface area contributed by atoms with Gasteiger partial charge in [0.2, 0.25) is 0 Å². The van der Waals surface area contributed by atoms with Crippen LogP contribution in [0.2, 0.25) is 0 Å². The molecule has 0 heterocycles. The molecule has 2 aromatic rings. The van der Waals surface area contributed by atoms with Gasteiger partial charge in [-0.15, -0.1) is 0 Å². The zero-order valence-electron chi connectivity index (χ0n) is 13.2. The van der Waals surface area contributed by atoms with Gasteiger partial charge < -0.3 is 5.11 Å². The van der Waals surface area contributed by atoms with E-state index in [9.17, 15) is 5.11 Å². The molecule has 3 rings (SSSR count). The number of hydrogen-bond acceptors (Lipinski definition) is 1. The lowest BCUT2D eigenvalue weighted by molar-refractivity contribution is 0.177. The summed E-state index contributed by atoms with van der Waals surface area (Å²) in [6, 6.07) is 11.0. The van der Waals surface area contributed by atoms with Crippen LogP contribution in [0.25, 0.3) is 0 Å². The molecule has 0 fully saturated rings. The fraction of sp³-hybridized carbons (Fsp3) is 0.400. The fourth-order valence-electron chi connectivity index (χ4n) is 3.43. The normalized spacial score (nSPS) is 15.0. The van der Waals surface area contributed by atoms with Gasteiger partial charge in [0.05, 0.1) is 6.10 Å². The lowest BCUT2D eigenvalue weighted by atomic mass is 9.93. The summed E-state index contributed by atoms with van der Waals surface area (Å²) < 4.78 is 0. The van der Waals surface area contributed by atoms with Gasteiger partial charge in [0, 0.05) is 6.42 Å². The molecule has 1 heteroatoms. The topological polar surface area (TPSA) is 20.2 Å². The van der Waals surface area contributed by atoms with Crippen molar-refractivity contribution >= 4 is 0 Å². The Balaban J connectivity index is 1.83. The maximum atomic E-state index is 10.6. The Morgan fingerprint density at radius 3 is 2.43 bits per heavy atom. The van der Waals surface area contributed by atoms with E-state index in [4.69, 9.17) is 0 Å². The Labute approximate surface area is 127 Å². The monoisotopic (exact) mass is 280 g/mol. The predicted molar refractivity (Wildman–Crippen MR) is 87.8 cm³/mol. The van der Waals surface area contributed by atoms with Crippen molar-refractivity contribution in [2.45, 2.75) is 52.6 Å². The molecule has 0 spiro atoms. The molecule has 0 saturated heterocycles. The molecule has 0 saturated carbocycles. The summed E-state index contributed by atoms with van der Waals surface area (Å²) in [5.41, 5.74) is 9.03. The number of rotatable bonds is 3. The van der Waals surface area contributed by atoms with E-state index in [1.807, 2.05) is 0 Å². The molecule has 0 bridgehead atoms. The van der Waals surface area contributed by atoms with Crippen LogP contribution in [-0.2, 0) is 19.3 Å². The predicted octanol–water partition coefficient (Wildman–Crippen LogP) is 4.38. The molecule has 1 nitrogen and oxygen atoms in total. The maximum absolute atomic E-state index is 10.6. The van der Waals surface area contributed by atoms with E-state index >= 15 is 0 Å². The lowest BCUT2D eigenvalue weighted by Gasteiger charge is -2.16. The van der Waals surface area contributed by atoms with Gasteiger partial charge in [0.25, 0.3) is 0 Å². The molecule has 1 unspecified atom stereocenters. The minimum absolute atomic E-state index is 0.413. The molecule has 21 heavy (non-hydrogen) atoms. The third-order valence-corrected chi connectivity index (χ3v) is 4.83. The van der Waals surface area contributed by atoms with E-state index in [1.165, 1.54) is 52.6 Å². The average Bonchev–Trinajstić information content (AvgIpc) is 2.90. The quantitative estimate of drug-likeness (QED) is 0.884. The van der Waals surface area contributed by atoms with Crippen LogP contribution in [0, 0.1) is 20.8 Å². The Hall–Kier alpha value is -1.60. The highest BCUT2D eigenvalue weighted by Crippen LogP contribution is 2.27. The largest absolute Gasteiger partial charge is 0.388 e. The van der Waals surface area contributed by atoms with Gasteiger partial charge in [0.15, 0.2) is 0 Å². The number of hydrogen-bond donors (Lipinski definition) is 1. The molecule has 2 aromatic carbocycles. The molecular weight excluding hydrogens is 256 g/mol. The van der Waals surface area contributed by atoms with Gasteiger partial charge in [-0.25, -0.2) is 0 Å². The van der Waals surface area contributed by atoms with Crippen molar-refractivity contribution < 1.29 is 5.11 Å². The van der Waals surface area contributed by atoms with Gasteiger partial charge in [-0.2, -0.15) is 0 Å². The smallest absolute Gasteiger partial charge is 0.0833 e. The van der Waals surface area contributed by atoms with Gasteiger partial charge in [0.1, 0.15) is 0 Å². The first-order valence-corrected chi connectivity index (χ1v) is 7.91. The first kappa shape index (κ1) is 14.3. The highest BCUT2D eigenvalue weighted by atomic mass is 16.3. The highest BCUT2D eigenvalue weighted by Gasteiger charge is 2.15. The second kappa shape index (κ2) is 5.65. The van der Waals surface area contributed by atoms with Crippen LogP contribution < -0.4 is 0 Å². The summed E-state index contributed by atoms with van der Waals surface area (Å²) in [5.74, 6) is 0. The SMILES string of the molecule is Cc1cc(C)c(C(O)Cc2ccc3c(c2)CCC3)cc1C. The Morgan fingerprint density at radius 2 is 1.62 bits per heavy atom. The van der Waals surface area contributed by atoms with Crippen molar-refractivity contribution in [1.82, 2.24) is 0 Å². The summed E-state index contributed by atoms with van der Waals surface area (Å²) in [6.07, 6.45) is 3.98. The van der Waals surface area contributed by atoms with Gasteiger partial charge in [-0.05, 0) is 79.0 Å². The van der Waals surface area contributed by atoms with Crippen LogP contribution >= 0.6 is 0 Å². The molecular formula is C20H24O. The van der Waals surface area contributed by atoms with Crippen molar-refractivity contribution in [2.24, 2.45) is 0 Å². The fourth-order valence-corrected chi connectivity index (χ4v) is 3.43. The summed E-state index contributed by atoms with van der Waals surface area (Å²) in [5, 5.41) is 10.6. The molecule has 110 valence electrons. The van der Waals surface area contributed by atoms with E-state index in [2.05, 4.69) is 51.1 Å². The second-order valence-electron chi connectivity index (χ2n) is 6.47. The number of aryl methyl sites for hydroxylation is 5. The van der Waals surface area contributed by atoms with Crippen LogP contribution in [0.5, 0.6) is 0 Å². The molecule has 1 N–H and O–H groups in total. The molecule has 0 aromatic heterocycles. The van der Waals surface area contributed by atoms with Gasteiger partial charge in [-0.3, -0.25) is 0 Å². The van der Waals surface area contributed by atoms with Crippen molar-refractivity contribution in [3.63, 3.8) is 0 Å². The first-order valence-electron chi connectivity index (χ1n) is 7.91. The van der Waals surface area contributed by atoms with Crippen LogP contribution in [0.1, 0.15) is 51.5 Å². The van der Waals surface area contributed by atoms with E-state index in [-0.39, 0.29) is 0 Å². The van der Waals surface area contributed by atoms with Crippen molar-refractivity contribution in [2.75, 3.05) is 0 Å². The Kier molecular flexibility index (Phi) is 3.86. The molecule has 1 aliphatic rings. The average molecular weight is 280 g/mol. The summed E-state index contributed by atoms with van der Waals surface area (Å²) in [4.78, 5) is 0. The van der Waals surface area contributed by atoms with Gasteiger partial charge in [-0.1, -0.05) is 30.3 Å². The van der Waals surface area contributed by atoms with Crippen LogP contribution in [0.15, 0.2) is 30.3 Å². The van der Waals surface area contributed by atoms with E-state index in [0.29, 0.717) is 6.42 Å². The number of benzene rings is 2. The molecule has 1 atom stereocenters. The van der Waals surface area contributed by atoms with Crippen LogP contribution in [-0.4, -0.2) is 5.11 Å². The Bertz CT molecular complexity index is 670. The minimum Gasteiger partial charge on any atom is -0.388 e. The Morgan fingerprint density at radius 1 is 0.905 bits per heavy atom. The summed E-state index contributed by atoms with van der Waals surface area (Å²) >= 11 is 0. The second-order valence-corrected chi connectivity index (χ2v) is 6.47. The molecule has 1 aliphatic carbocycles. The number of aliphatic hydroxyl groups excluding tert-OH is 1. The van der Waals surface area contributed by atoms with Crippen LogP contribution in [0.3, 0.4) is 0 Å². The van der Waals surface area contributed by atoms with Gasteiger partial charge >= 0.3 is 0 Å². The number of aliphatic hydroxyl groups is 1. The highest BCUT2D eigenvalue weighted by molar-refractivity contribution is 5.39. The zero-order chi connectivity index (χ0) is 15.0. The summed E-state index contributed by atoms with van der Waals surface area (Å²) in [6.45, 7) is 6.33. The maximum Gasteiger partial charge on any atom is 0.0833 e. The first-order chi connectivity index (χ1) is 10.0. The van der Waals surface area contributed by atoms with Crippen molar-refractivity contribution in [3.05, 3.63) is 69.3 Å². The third-order valence-electron chi connectivity index (χ3n) is 4.83. The zero-order valence-corrected chi connectivity index (χ0v) is 13.2. The molecule has 0 aliphatic heterocycles. The number of fused-ring (bicyclic) bond motifs is 1. The minimum atomic E-state index is -0.413.